The maximum atomic E-state index is 11.5. The summed E-state index contributed by atoms with van der Waals surface area (Å²) in [5.41, 5.74) is 6.25. The maximum Gasteiger partial charge on any atom is 0.192 e. The molecule has 0 fully saturated rings. The summed E-state index contributed by atoms with van der Waals surface area (Å²) in [6.45, 7) is 0. The van der Waals surface area contributed by atoms with Crippen LogP contribution in [0.15, 0.2) is 102 Å². The van der Waals surface area contributed by atoms with Crippen LogP contribution in [0.4, 0.5) is 0 Å². The Labute approximate surface area is 218 Å². The van der Waals surface area contributed by atoms with Crippen molar-refractivity contribution in [2.24, 2.45) is 10.7 Å². The van der Waals surface area contributed by atoms with Crippen molar-refractivity contribution in [3.8, 4) is 0 Å². The van der Waals surface area contributed by atoms with Gasteiger partial charge >= 0.3 is 0 Å². The molecular formula is C24H21Cl3N4O2S. The lowest BCUT2D eigenvalue weighted by molar-refractivity contribution is 0.125. The van der Waals surface area contributed by atoms with Crippen LogP contribution in [0.2, 0.25) is 10.0 Å². The molecule has 176 valence electrons. The second-order valence-electron chi connectivity index (χ2n) is 6.82. The molecule has 0 atom stereocenters. The van der Waals surface area contributed by atoms with Gasteiger partial charge in [-0.25, -0.2) is 0 Å². The second-order valence-corrected chi connectivity index (χ2v) is 8.11. The first-order valence-corrected chi connectivity index (χ1v) is 10.8. The number of aliphatic hydroxyl groups is 1. The van der Waals surface area contributed by atoms with E-state index < -0.39 is 5.60 Å². The van der Waals surface area contributed by atoms with Crippen LogP contribution in [-0.2, 0) is 5.60 Å². The van der Waals surface area contributed by atoms with Gasteiger partial charge in [0.25, 0.3) is 0 Å². The van der Waals surface area contributed by atoms with Gasteiger partial charge < -0.3 is 16.0 Å². The van der Waals surface area contributed by atoms with Crippen molar-refractivity contribution in [2.45, 2.75) is 5.60 Å². The molecule has 4 aromatic rings. The van der Waals surface area contributed by atoms with Crippen LogP contribution in [0.3, 0.4) is 0 Å². The quantitative estimate of drug-likeness (QED) is 0.254. The average Bonchev–Trinajstić information content (AvgIpc) is 2.82. The van der Waals surface area contributed by atoms with Crippen LogP contribution < -0.4 is 11.2 Å². The number of rotatable bonds is 3. The molecular weight excluding hydrogens is 515 g/mol. The van der Waals surface area contributed by atoms with Gasteiger partial charge in [-0.05, 0) is 65.8 Å². The minimum Gasteiger partial charge on any atom is -0.427 e. The highest BCUT2D eigenvalue weighted by atomic mass is 35.5. The lowest BCUT2D eigenvalue weighted by Crippen LogP contribution is -2.28. The zero-order valence-electron chi connectivity index (χ0n) is 17.6. The molecule has 2 aromatic heterocycles. The first-order valence-electron chi connectivity index (χ1n) is 9.67. The van der Waals surface area contributed by atoms with Crippen LogP contribution in [0, 0.1) is 0 Å². The summed E-state index contributed by atoms with van der Waals surface area (Å²) in [5.74, 6) is 0. The van der Waals surface area contributed by atoms with Crippen molar-refractivity contribution >= 4 is 52.9 Å². The summed E-state index contributed by atoms with van der Waals surface area (Å²) in [4.78, 5) is 7.81. The molecule has 0 saturated heterocycles. The summed E-state index contributed by atoms with van der Waals surface area (Å²) in [7, 11) is 0. The first kappa shape index (κ1) is 27.3. The molecule has 0 aliphatic rings. The topological polar surface area (TPSA) is 96.7 Å². The lowest BCUT2D eigenvalue weighted by Gasteiger charge is -2.29. The molecule has 6 nitrogen and oxygen atoms in total. The fourth-order valence-electron chi connectivity index (χ4n) is 3.09. The molecule has 4 rings (SSSR count). The number of nitrogens with two attached hydrogens (primary N) is 1. The summed E-state index contributed by atoms with van der Waals surface area (Å²) < 4.78 is 0.846. The van der Waals surface area contributed by atoms with Gasteiger partial charge in [-0.15, -0.1) is 12.4 Å². The van der Waals surface area contributed by atoms with Crippen molar-refractivity contribution in [2.75, 3.05) is 0 Å². The van der Waals surface area contributed by atoms with Gasteiger partial charge in [-0.1, -0.05) is 59.6 Å². The van der Waals surface area contributed by atoms with E-state index in [1.54, 1.807) is 60.9 Å². The molecule has 0 aliphatic carbocycles. The Kier molecular flexibility index (Phi) is 10.0. The summed E-state index contributed by atoms with van der Waals surface area (Å²) in [6.07, 6.45) is 4.77. The number of nitrogens with zero attached hydrogens (tertiary/aromatic N) is 3. The molecule has 0 bridgehead atoms. The smallest absolute Gasteiger partial charge is 0.192 e. The largest absolute Gasteiger partial charge is 0.427 e. The van der Waals surface area contributed by atoms with Gasteiger partial charge in [-0.3, -0.25) is 4.98 Å². The van der Waals surface area contributed by atoms with E-state index in [2.05, 4.69) is 22.2 Å². The second kappa shape index (κ2) is 12.5. The molecule has 2 aromatic carbocycles. The molecule has 0 saturated carbocycles. The van der Waals surface area contributed by atoms with Gasteiger partial charge in [0.15, 0.2) is 10.6 Å². The molecule has 2 heterocycles. The monoisotopic (exact) mass is 534 g/mol. The Hall–Kier alpha value is -2.94. The number of aromatic nitrogens is 2. The van der Waals surface area contributed by atoms with Gasteiger partial charge in [-0.2, -0.15) is 9.72 Å². The Morgan fingerprint density at radius 2 is 1.44 bits per heavy atom. The Morgan fingerprint density at radius 3 is 1.88 bits per heavy atom. The third kappa shape index (κ3) is 6.79. The summed E-state index contributed by atoms with van der Waals surface area (Å²) >= 11 is 16.5. The predicted molar refractivity (Wildman–Crippen MR) is 140 cm³/mol. The summed E-state index contributed by atoms with van der Waals surface area (Å²) in [6, 6.07) is 22.9. The molecule has 34 heavy (non-hydrogen) atoms. The van der Waals surface area contributed by atoms with Gasteiger partial charge in [0.05, 0.1) is 0 Å². The van der Waals surface area contributed by atoms with Crippen molar-refractivity contribution in [3.63, 3.8) is 0 Å². The van der Waals surface area contributed by atoms with Crippen molar-refractivity contribution < 1.29 is 10.3 Å². The first-order chi connectivity index (χ1) is 15.8. The molecule has 0 amide bonds. The number of halogens is 3. The van der Waals surface area contributed by atoms with Crippen molar-refractivity contribution in [1.29, 1.82) is 0 Å². The van der Waals surface area contributed by atoms with E-state index >= 15 is 0 Å². The van der Waals surface area contributed by atoms with E-state index in [0.717, 1.165) is 4.73 Å². The van der Waals surface area contributed by atoms with Crippen LogP contribution >= 0.6 is 47.8 Å². The molecule has 10 heteroatoms. The third-order valence-electron chi connectivity index (χ3n) is 4.65. The molecule has 4 N–H and O–H groups in total. The highest BCUT2D eigenvalue weighted by molar-refractivity contribution is 7.80. The zero-order chi connectivity index (χ0) is 23.8. The molecule has 0 radical (unpaired) electrons. The van der Waals surface area contributed by atoms with Crippen LogP contribution in [-0.4, -0.2) is 25.1 Å². The normalized spacial score (nSPS) is 11.1. The van der Waals surface area contributed by atoms with E-state index in [-0.39, 0.29) is 17.5 Å². The minimum absolute atomic E-state index is 0. The highest BCUT2D eigenvalue weighted by Crippen LogP contribution is 2.37. The summed E-state index contributed by atoms with van der Waals surface area (Å²) in [5, 5.41) is 21.8. The van der Waals surface area contributed by atoms with Gasteiger partial charge in [0.2, 0.25) is 0 Å². The maximum absolute atomic E-state index is 11.5. The Morgan fingerprint density at radius 1 is 0.882 bits per heavy atom. The van der Waals surface area contributed by atoms with E-state index in [1.807, 2.05) is 30.3 Å². The zero-order valence-corrected chi connectivity index (χ0v) is 20.8. The highest BCUT2D eigenvalue weighted by Gasteiger charge is 2.34. The number of pyridine rings is 2. The average molecular weight is 536 g/mol. The fourth-order valence-corrected chi connectivity index (χ4v) is 3.43. The van der Waals surface area contributed by atoms with E-state index in [1.165, 1.54) is 6.20 Å². The lowest BCUT2D eigenvalue weighted by atomic mass is 9.81. The molecule has 0 spiro atoms. The number of benzene rings is 2. The van der Waals surface area contributed by atoms with Gasteiger partial charge in [0, 0.05) is 34.2 Å². The molecule has 0 aliphatic heterocycles. The fraction of sp³-hybridized carbons (Fsp3) is 0.0417. The van der Waals surface area contributed by atoms with Crippen molar-refractivity contribution in [1.82, 2.24) is 9.71 Å². The third-order valence-corrected chi connectivity index (χ3v) is 5.24. The number of thiocarbonyl (C=S) groups is 1. The minimum atomic E-state index is -1.32. The standard InChI is InChI=1S/C18H13Cl2NO.C6H7N3OS.ClH/c19-16-7-3-13(4-8-16)18(22,15-2-1-11-21-12-15)14-5-9-17(20)10-6-14;7-6(11)8-5-3-1-2-4-9(5)10;/h1-12,22H;1-4,10H,(H2,7,11);1H. The van der Waals surface area contributed by atoms with Crippen LogP contribution in [0.25, 0.3) is 0 Å². The molecule has 0 unspecified atom stereocenters. The number of hydrogen-bond acceptors (Lipinski definition) is 4. The SMILES string of the molecule is Cl.NC(=S)N=c1ccccn1O.OC(c1ccc(Cl)cc1)(c1ccc(Cl)cc1)c1cccnc1. The van der Waals surface area contributed by atoms with E-state index in [0.29, 0.717) is 32.2 Å². The van der Waals surface area contributed by atoms with E-state index in [4.69, 9.17) is 34.1 Å². The van der Waals surface area contributed by atoms with Gasteiger partial charge in [0.1, 0.15) is 5.60 Å². The van der Waals surface area contributed by atoms with Crippen LogP contribution in [0.1, 0.15) is 16.7 Å². The van der Waals surface area contributed by atoms with Crippen LogP contribution in [0.5, 0.6) is 0 Å². The predicted octanol–water partition coefficient (Wildman–Crippen LogP) is 4.96. The Bertz CT molecular complexity index is 1240. The van der Waals surface area contributed by atoms with E-state index in [9.17, 15) is 5.11 Å². The number of hydrogen-bond donors (Lipinski definition) is 3. The Balaban J connectivity index is 0.000000289. The van der Waals surface area contributed by atoms with Crippen molar-refractivity contribution in [3.05, 3.63) is 130 Å².